The molecule has 0 fully saturated rings. The zero-order valence-corrected chi connectivity index (χ0v) is 11.0. The van der Waals surface area contributed by atoms with Crippen molar-refractivity contribution < 1.29 is 4.79 Å². The van der Waals surface area contributed by atoms with E-state index in [2.05, 4.69) is 22.8 Å². The third kappa shape index (κ3) is 2.90. The topological polar surface area (TPSA) is 55.1 Å². The van der Waals surface area contributed by atoms with Gasteiger partial charge in [0.1, 0.15) is 6.04 Å². The van der Waals surface area contributed by atoms with Gasteiger partial charge in [-0.3, -0.25) is 4.79 Å². The molecule has 0 aliphatic carbocycles. The van der Waals surface area contributed by atoms with Gasteiger partial charge in [0.2, 0.25) is 5.91 Å². The lowest BCUT2D eigenvalue weighted by Gasteiger charge is -2.15. The van der Waals surface area contributed by atoms with Crippen molar-refractivity contribution in [2.45, 2.75) is 19.4 Å². The first kappa shape index (κ1) is 12.6. The lowest BCUT2D eigenvalue weighted by Crippen LogP contribution is -2.34. The number of carbonyl (C=O) groups is 1. The molecule has 1 heterocycles. The molecule has 18 heavy (non-hydrogen) atoms. The van der Waals surface area contributed by atoms with E-state index in [1.54, 1.807) is 11.3 Å². The van der Waals surface area contributed by atoms with Crippen LogP contribution in [0.4, 0.5) is 5.69 Å². The van der Waals surface area contributed by atoms with Gasteiger partial charge in [-0.25, -0.2) is 0 Å². The SMILES string of the molecule is CC[C@H](Nc1cccc(-c2ccsc2)c1)C(N)=O. The summed E-state index contributed by atoms with van der Waals surface area (Å²) in [4.78, 5) is 11.2. The smallest absolute Gasteiger partial charge is 0.239 e. The van der Waals surface area contributed by atoms with Crippen LogP contribution in [0.25, 0.3) is 11.1 Å². The molecular weight excluding hydrogens is 244 g/mol. The number of rotatable bonds is 5. The van der Waals surface area contributed by atoms with Gasteiger partial charge < -0.3 is 11.1 Å². The van der Waals surface area contributed by atoms with E-state index in [0.717, 1.165) is 11.3 Å². The number of amides is 1. The Balaban J connectivity index is 2.20. The Morgan fingerprint density at radius 3 is 2.83 bits per heavy atom. The van der Waals surface area contributed by atoms with Crippen LogP contribution in [0.3, 0.4) is 0 Å². The van der Waals surface area contributed by atoms with Crippen molar-refractivity contribution in [1.82, 2.24) is 0 Å². The van der Waals surface area contributed by atoms with E-state index in [1.807, 2.05) is 30.5 Å². The maximum Gasteiger partial charge on any atom is 0.239 e. The van der Waals surface area contributed by atoms with Gasteiger partial charge in [0.05, 0.1) is 0 Å². The zero-order chi connectivity index (χ0) is 13.0. The molecule has 0 aliphatic heterocycles. The van der Waals surface area contributed by atoms with Crippen LogP contribution in [-0.2, 0) is 4.79 Å². The van der Waals surface area contributed by atoms with E-state index in [-0.39, 0.29) is 11.9 Å². The van der Waals surface area contributed by atoms with Crippen molar-refractivity contribution >= 4 is 22.9 Å². The second-order valence-electron chi connectivity index (χ2n) is 4.10. The van der Waals surface area contributed by atoms with E-state index in [1.165, 1.54) is 5.56 Å². The Kier molecular flexibility index (Phi) is 3.99. The number of anilines is 1. The Labute approximate surface area is 111 Å². The number of hydrogen-bond acceptors (Lipinski definition) is 3. The zero-order valence-electron chi connectivity index (χ0n) is 10.2. The number of primary amides is 1. The highest BCUT2D eigenvalue weighted by Gasteiger charge is 2.12. The highest BCUT2D eigenvalue weighted by atomic mass is 32.1. The Hall–Kier alpha value is -1.81. The maximum atomic E-state index is 11.2. The minimum Gasteiger partial charge on any atom is -0.374 e. The van der Waals surface area contributed by atoms with Crippen molar-refractivity contribution in [3.05, 3.63) is 41.1 Å². The minimum absolute atomic E-state index is 0.317. The molecular formula is C14H16N2OS. The third-order valence-corrected chi connectivity index (χ3v) is 3.49. The molecule has 1 amide bonds. The van der Waals surface area contributed by atoms with E-state index >= 15 is 0 Å². The summed E-state index contributed by atoms with van der Waals surface area (Å²) >= 11 is 1.67. The van der Waals surface area contributed by atoms with Gasteiger partial charge in [0.25, 0.3) is 0 Å². The van der Waals surface area contributed by atoms with E-state index in [0.29, 0.717) is 6.42 Å². The van der Waals surface area contributed by atoms with Crippen LogP contribution in [0.5, 0.6) is 0 Å². The molecule has 0 unspecified atom stereocenters. The molecule has 0 saturated heterocycles. The quantitative estimate of drug-likeness (QED) is 0.868. The summed E-state index contributed by atoms with van der Waals surface area (Å²) in [6.07, 6.45) is 0.679. The van der Waals surface area contributed by atoms with Gasteiger partial charge in [-0.2, -0.15) is 11.3 Å². The fraction of sp³-hybridized carbons (Fsp3) is 0.214. The standard InChI is InChI=1S/C14H16N2OS/c1-2-13(14(15)17)16-12-5-3-4-10(8-12)11-6-7-18-9-11/h3-9,13,16H,2H2,1H3,(H2,15,17)/t13-/m0/s1. The average molecular weight is 260 g/mol. The minimum atomic E-state index is -0.321. The van der Waals surface area contributed by atoms with Crippen LogP contribution in [0.2, 0.25) is 0 Å². The lowest BCUT2D eigenvalue weighted by molar-refractivity contribution is -0.118. The number of nitrogens with two attached hydrogens (primary N) is 1. The van der Waals surface area contributed by atoms with Gasteiger partial charge in [-0.15, -0.1) is 0 Å². The van der Waals surface area contributed by atoms with Gasteiger partial charge >= 0.3 is 0 Å². The second kappa shape index (κ2) is 5.69. The number of carbonyl (C=O) groups excluding carboxylic acids is 1. The molecule has 3 nitrogen and oxygen atoms in total. The van der Waals surface area contributed by atoms with Crippen molar-refractivity contribution in [2.24, 2.45) is 5.73 Å². The summed E-state index contributed by atoms with van der Waals surface area (Å²) in [7, 11) is 0. The molecule has 0 aliphatic rings. The van der Waals surface area contributed by atoms with Gasteiger partial charge in [-0.1, -0.05) is 19.1 Å². The van der Waals surface area contributed by atoms with Crippen LogP contribution in [0.1, 0.15) is 13.3 Å². The number of nitrogens with one attached hydrogen (secondary N) is 1. The normalized spacial score (nSPS) is 12.1. The molecule has 94 valence electrons. The molecule has 0 bridgehead atoms. The number of hydrogen-bond donors (Lipinski definition) is 2. The van der Waals surface area contributed by atoms with E-state index < -0.39 is 0 Å². The van der Waals surface area contributed by atoms with Gasteiger partial charge in [-0.05, 0) is 46.5 Å². The molecule has 0 spiro atoms. The van der Waals surface area contributed by atoms with Crippen LogP contribution in [0.15, 0.2) is 41.1 Å². The maximum absolute atomic E-state index is 11.2. The first-order valence-corrected chi connectivity index (χ1v) is 6.83. The van der Waals surface area contributed by atoms with Crippen LogP contribution in [-0.4, -0.2) is 11.9 Å². The Bertz CT molecular complexity index is 522. The monoisotopic (exact) mass is 260 g/mol. The average Bonchev–Trinajstić information content (AvgIpc) is 2.90. The molecule has 1 aromatic heterocycles. The molecule has 0 radical (unpaired) electrons. The highest BCUT2D eigenvalue weighted by Crippen LogP contribution is 2.25. The number of thiophene rings is 1. The molecule has 2 aromatic rings. The summed E-state index contributed by atoms with van der Waals surface area (Å²) in [5.74, 6) is -0.321. The summed E-state index contributed by atoms with van der Waals surface area (Å²) in [6.45, 7) is 1.94. The molecule has 2 rings (SSSR count). The van der Waals surface area contributed by atoms with Crippen molar-refractivity contribution in [3.8, 4) is 11.1 Å². The number of benzene rings is 1. The van der Waals surface area contributed by atoms with Crippen LogP contribution < -0.4 is 11.1 Å². The second-order valence-corrected chi connectivity index (χ2v) is 4.88. The first-order valence-electron chi connectivity index (χ1n) is 5.89. The summed E-state index contributed by atoms with van der Waals surface area (Å²) in [6, 6.07) is 9.77. The lowest BCUT2D eigenvalue weighted by atomic mass is 10.1. The van der Waals surface area contributed by atoms with Crippen molar-refractivity contribution in [3.63, 3.8) is 0 Å². The fourth-order valence-corrected chi connectivity index (χ4v) is 2.46. The van der Waals surface area contributed by atoms with E-state index in [4.69, 9.17) is 5.73 Å². The molecule has 1 aromatic carbocycles. The predicted molar refractivity (Wildman–Crippen MR) is 76.7 cm³/mol. The molecule has 1 atom stereocenters. The van der Waals surface area contributed by atoms with Crippen LogP contribution in [0, 0.1) is 0 Å². The van der Waals surface area contributed by atoms with Crippen molar-refractivity contribution in [1.29, 1.82) is 0 Å². The summed E-state index contributed by atoms with van der Waals surface area (Å²) in [5.41, 5.74) is 8.58. The van der Waals surface area contributed by atoms with E-state index in [9.17, 15) is 4.79 Å². The van der Waals surface area contributed by atoms with Gasteiger partial charge in [0, 0.05) is 5.69 Å². The largest absolute Gasteiger partial charge is 0.374 e. The Morgan fingerprint density at radius 2 is 2.22 bits per heavy atom. The Morgan fingerprint density at radius 1 is 1.39 bits per heavy atom. The van der Waals surface area contributed by atoms with Crippen LogP contribution >= 0.6 is 11.3 Å². The summed E-state index contributed by atoms with van der Waals surface area (Å²) < 4.78 is 0. The molecule has 4 heteroatoms. The van der Waals surface area contributed by atoms with Crippen molar-refractivity contribution in [2.75, 3.05) is 5.32 Å². The highest BCUT2D eigenvalue weighted by molar-refractivity contribution is 7.08. The predicted octanol–water partition coefficient (Wildman–Crippen LogP) is 3.09. The molecule has 0 saturated carbocycles. The van der Waals surface area contributed by atoms with Gasteiger partial charge in [0.15, 0.2) is 0 Å². The molecule has 3 N–H and O–H groups in total. The summed E-state index contributed by atoms with van der Waals surface area (Å²) in [5, 5.41) is 7.31. The first-order chi connectivity index (χ1) is 8.70. The third-order valence-electron chi connectivity index (χ3n) is 2.81. The fourth-order valence-electron chi connectivity index (χ4n) is 1.79.